The Labute approximate surface area is 270 Å². The minimum absolute atomic E-state index is 0.760. The summed E-state index contributed by atoms with van der Waals surface area (Å²) in [6.07, 6.45) is 3.68. The van der Waals surface area contributed by atoms with Crippen LogP contribution in [-0.2, 0) is 6.42 Å². The maximum atomic E-state index is 9.75. The molecular formula is C43H26N2O2. The molecule has 0 bridgehead atoms. The number of hydrogen-bond donors (Lipinski definition) is 0. The summed E-state index contributed by atoms with van der Waals surface area (Å²) >= 11 is 0. The molecule has 0 atom stereocenters. The van der Waals surface area contributed by atoms with E-state index in [-0.39, 0.29) is 0 Å². The first-order chi connectivity index (χ1) is 23.2. The van der Waals surface area contributed by atoms with Crippen LogP contribution in [0.15, 0.2) is 142 Å². The van der Waals surface area contributed by atoms with Crippen LogP contribution < -0.4 is 0 Å². The summed E-state index contributed by atoms with van der Waals surface area (Å²) in [6.45, 7) is 0. The fourth-order valence-electron chi connectivity index (χ4n) is 7.56. The quantitative estimate of drug-likeness (QED) is 0.202. The van der Waals surface area contributed by atoms with Crippen molar-refractivity contribution < 1.29 is 8.83 Å². The molecule has 0 amide bonds. The van der Waals surface area contributed by atoms with Gasteiger partial charge in [-0.2, -0.15) is 5.26 Å². The van der Waals surface area contributed by atoms with Gasteiger partial charge in [-0.05, 0) is 72.5 Å². The molecule has 0 aliphatic heterocycles. The Bertz CT molecular complexity index is 2800. The summed E-state index contributed by atoms with van der Waals surface area (Å²) in [5, 5.41) is 15.3. The standard InChI is InChI=1S/C43H26N2O2/c44-25-26-16-19-38-35(22-26)36-23-27(17-20-39(36)45(38)29-8-2-1-3-9-29)28-18-21-41-37(24-28)34-14-7-13-33(43(34)47-41)32-12-6-11-31-30-10-4-5-15-40(30)46-42(31)32/h1-15,17-18,20-24H,16,19H2. The van der Waals surface area contributed by atoms with Gasteiger partial charge in [0.1, 0.15) is 22.3 Å². The van der Waals surface area contributed by atoms with E-state index in [1.807, 2.05) is 24.3 Å². The molecule has 1 aliphatic carbocycles. The van der Waals surface area contributed by atoms with Gasteiger partial charge in [0.25, 0.3) is 0 Å². The first-order valence-electron chi connectivity index (χ1n) is 15.9. The van der Waals surface area contributed by atoms with E-state index in [9.17, 15) is 5.26 Å². The van der Waals surface area contributed by atoms with Crippen LogP contribution >= 0.6 is 0 Å². The molecule has 10 rings (SSSR count). The third-order valence-corrected chi connectivity index (χ3v) is 9.74. The lowest BCUT2D eigenvalue weighted by Crippen LogP contribution is -2.04. The first kappa shape index (κ1) is 26.0. The molecule has 0 fully saturated rings. The lowest BCUT2D eigenvalue weighted by molar-refractivity contribution is 0.665. The Morgan fingerprint density at radius 3 is 1.96 bits per heavy atom. The molecule has 1 aliphatic rings. The Balaban J connectivity index is 1.15. The Morgan fingerprint density at radius 1 is 0.553 bits per heavy atom. The van der Waals surface area contributed by atoms with Crippen molar-refractivity contribution in [3.63, 3.8) is 0 Å². The van der Waals surface area contributed by atoms with Crippen molar-refractivity contribution in [3.8, 4) is 34.0 Å². The second kappa shape index (κ2) is 9.84. The van der Waals surface area contributed by atoms with E-state index in [4.69, 9.17) is 8.83 Å². The van der Waals surface area contributed by atoms with E-state index in [2.05, 4.69) is 120 Å². The molecule has 0 unspecified atom stereocenters. The molecule has 0 saturated carbocycles. The number of nitrogens with zero attached hydrogens (tertiary/aromatic N) is 2. The van der Waals surface area contributed by atoms with Gasteiger partial charge in [0.05, 0.1) is 11.6 Å². The fraction of sp³-hybridized carbons (Fsp3) is 0.0465. The van der Waals surface area contributed by atoms with Gasteiger partial charge in [0.15, 0.2) is 0 Å². The van der Waals surface area contributed by atoms with E-state index in [1.54, 1.807) is 0 Å². The first-order valence-corrected chi connectivity index (χ1v) is 15.9. The number of fused-ring (bicyclic) bond motifs is 9. The van der Waals surface area contributed by atoms with Crippen LogP contribution in [0.25, 0.3) is 88.8 Å². The highest BCUT2D eigenvalue weighted by molar-refractivity contribution is 6.15. The van der Waals surface area contributed by atoms with Gasteiger partial charge >= 0.3 is 0 Å². The van der Waals surface area contributed by atoms with Gasteiger partial charge in [0.2, 0.25) is 0 Å². The highest BCUT2D eigenvalue weighted by Crippen LogP contribution is 2.43. The van der Waals surface area contributed by atoms with Crippen molar-refractivity contribution in [1.29, 1.82) is 5.26 Å². The normalized spacial score (nSPS) is 13.0. The largest absolute Gasteiger partial charge is 0.455 e. The maximum absolute atomic E-state index is 9.75. The number of rotatable bonds is 3. The molecule has 47 heavy (non-hydrogen) atoms. The zero-order valence-electron chi connectivity index (χ0n) is 25.3. The van der Waals surface area contributed by atoms with E-state index in [0.29, 0.717) is 0 Å². The summed E-state index contributed by atoms with van der Waals surface area (Å²) in [7, 11) is 0. The molecule has 0 saturated heterocycles. The van der Waals surface area contributed by atoms with Crippen molar-refractivity contribution in [2.24, 2.45) is 0 Å². The SMILES string of the molecule is N#CC1=Cc2c(n(-c3ccccc3)c3ccc(-c4ccc5oc6c(-c7cccc8c7oc7ccccc78)cccc6c5c4)cc23)CC1. The predicted molar refractivity (Wildman–Crippen MR) is 191 cm³/mol. The third-order valence-electron chi connectivity index (χ3n) is 9.74. The maximum Gasteiger partial charge on any atom is 0.143 e. The Hall–Kier alpha value is -6.31. The van der Waals surface area contributed by atoms with Gasteiger partial charge in [-0.1, -0.05) is 84.9 Å². The number of hydrogen-bond acceptors (Lipinski definition) is 3. The number of aromatic nitrogens is 1. The third kappa shape index (κ3) is 3.81. The summed E-state index contributed by atoms with van der Waals surface area (Å²) in [4.78, 5) is 0. The van der Waals surface area contributed by atoms with E-state index < -0.39 is 0 Å². The predicted octanol–water partition coefficient (Wildman–Crippen LogP) is 11.6. The van der Waals surface area contributed by atoms with Gasteiger partial charge in [0, 0.05) is 60.6 Å². The monoisotopic (exact) mass is 602 g/mol. The van der Waals surface area contributed by atoms with Crippen molar-refractivity contribution >= 4 is 60.9 Å². The highest BCUT2D eigenvalue weighted by Gasteiger charge is 2.22. The Morgan fingerprint density at radius 2 is 1.19 bits per heavy atom. The summed E-state index contributed by atoms with van der Waals surface area (Å²) < 4.78 is 15.3. The van der Waals surface area contributed by atoms with Crippen molar-refractivity contribution in [2.75, 3.05) is 0 Å². The number of furan rings is 2. The second-order valence-electron chi connectivity index (χ2n) is 12.3. The minimum atomic E-state index is 0.760. The lowest BCUT2D eigenvalue weighted by atomic mass is 9.95. The van der Waals surface area contributed by atoms with Crippen LogP contribution in [0.3, 0.4) is 0 Å². The van der Waals surface area contributed by atoms with E-state index >= 15 is 0 Å². The summed E-state index contributed by atoms with van der Waals surface area (Å²) in [6, 6.07) is 46.9. The molecule has 0 spiro atoms. The van der Waals surface area contributed by atoms with Gasteiger partial charge in [-0.25, -0.2) is 0 Å². The molecule has 6 aromatic carbocycles. The summed E-state index contributed by atoms with van der Waals surface area (Å²) in [5.74, 6) is 0. The highest BCUT2D eigenvalue weighted by atomic mass is 16.3. The average molecular weight is 603 g/mol. The smallest absolute Gasteiger partial charge is 0.143 e. The topological polar surface area (TPSA) is 55.0 Å². The van der Waals surface area contributed by atoms with Crippen LogP contribution in [0.2, 0.25) is 0 Å². The number of allylic oxidation sites excluding steroid dienone is 1. The molecule has 3 aromatic heterocycles. The van der Waals surface area contributed by atoms with Crippen LogP contribution in [0.5, 0.6) is 0 Å². The molecule has 9 aromatic rings. The van der Waals surface area contributed by atoms with Crippen LogP contribution in [0.4, 0.5) is 0 Å². The number of nitriles is 1. The number of para-hydroxylation sites is 4. The van der Waals surface area contributed by atoms with E-state index in [1.165, 1.54) is 5.69 Å². The van der Waals surface area contributed by atoms with Gasteiger partial charge < -0.3 is 13.4 Å². The molecule has 220 valence electrons. The Kier molecular flexibility index (Phi) is 5.44. The summed E-state index contributed by atoms with van der Waals surface area (Å²) in [5.41, 5.74) is 13.3. The number of benzene rings is 6. The van der Waals surface area contributed by atoms with Crippen LogP contribution in [-0.4, -0.2) is 4.57 Å². The van der Waals surface area contributed by atoms with Gasteiger partial charge in [-0.15, -0.1) is 0 Å². The lowest BCUT2D eigenvalue weighted by Gasteiger charge is -2.14. The van der Waals surface area contributed by atoms with Gasteiger partial charge in [-0.3, -0.25) is 0 Å². The average Bonchev–Trinajstić information content (AvgIpc) is 3.80. The molecule has 3 heterocycles. The molecule has 0 radical (unpaired) electrons. The fourth-order valence-corrected chi connectivity index (χ4v) is 7.56. The van der Waals surface area contributed by atoms with Crippen LogP contribution in [0, 0.1) is 11.3 Å². The van der Waals surface area contributed by atoms with Crippen LogP contribution in [0.1, 0.15) is 17.7 Å². The zero-order valence-corrected chi connectivity index (χ0v) is 25.3. The van der Waals surface area contributed by atoms with Crippen molar-refractivity contribution in [1.82, 2.24) is 4.57 Å². The second-order valence-corrected chi connectivity index (χ2v) is 12.3. The van der Waals surface area contributed by atoms with E-state index in [0.717, 1.165) is 107 Å². The van der Waals surface area contributed by atoms with Crippen molar-refractivity contribution in [2.45, 2.75) is 12.8 Å². The minimum Gasteiger partial charge on any atom is -0.455 e. The molecule has 4 heteroatoms. The molecular weight excluding hydrogens is 576 g/mol. The van der Waals surface area contributed by atoms with Crippen molar-refractivity contribution in [3.05, 3.63) is 144 Å². The zero-order chi connectivity index (χ0) is 31.1. The molecule has 0 N–H and O–H groups in total. The molecule has 4 nitrogen and oxygen atoms in total.